The van der Waals surface area contributed by atoms with Gasteiger partial charge in [0.05, 0.1) is 6.61 Å². The van der Waals surface area contributed by atoms with Gasteiger partial charge in [-0.25, -0.2) is 4.79 Å². The van der Waals surface area contributed by atoms with Gasteiger partial charge in [-0.15, -0.1) is 56.7 Å². The lowest BCUT2D eigenvalue weighted by Gasteiger charge is -2.04. The summed E-state index contributed by atoms with van der Waals surface area (Å²) in [6, 6.07) is 19.6. The van der Waals surface area contributed by atoms with E-state index in [2.05, 4.69) is 71.9 Å². The van der Waals surface area contributed by atoms with Gasteiger partial charge < -0.3 is 4.74 Å². The van der Waals surface area contributed by atoms with Crippen LogP contribution in [0.1, 0.15) is 12.5 Å². The summed E-state index contributed by atoms with van der Waals surface area (Å²) in [5.74, 6) is -0.332. The molecule has 5 heterocycles. The second kappa shape index (κ2) is 9.91. The molecule has 0 saturated heterocycles. The Kier molecular flexibility index (Phi) is 6.76. The summed E-state index contributed by atoms with van der Waals surface area (Å²) >= 11 is 9.00. The first-order valence-electron chi connectivity index (χ1n) is 10.3. The normalized spacial score (nSPS) is 11.1. The quantitative estimate of drug-likeness (QED) is 0.149. The monoisotopic (exact) mass is 524 g/mol. The molecule has 0 spiro atoms. The average Bonchev–Trinajstić information content (AvgIpc) is 3.60. The van der Waals surface area contributed by atoms with E-state index in [-0.39, 0.29) is 5.97 Å². The average molecular weight is 525 g/mol. The number of carbonyl (C=O) groups excluding carboxylic acids is 1. The van der Waals surface area contributed by atoms with Crippen LogP contribution in [-0.4, -0.2) is 12.6 Å². The van der Waals surface area contributed by atoms with Crippen LogP contribution in [0.4, 0.5) is 0 Å². The molecular weight excluding hydrogens is 505 g/mol. The lowest BCUT2D eigenvalue weighted by atomic mass is 10.1. The Bertz CT molecular complexity index is 1380. The van der Waals surface area contributed by atoms with E-state index in [0.717, 1.165) is 0 Å². The Hall–Kier alpha value is -2.29. The van der Waals surface area contributed by atoms with Crippen LogP contribution in [-0.2, 0) is 16.0 Å². The van der Waals surface area contributed by atoms with Crippen molar-refractivity contribution in [2.45, 2.75) is 13.3 Å². The number of esters is 1. The van der Waals surface area contributed by atoms with Crippen LogP contribution in [0, 0.1) is 0 Å². The number of carbonyl (C=O) groups is 1. The molecule has 0 aromatic carbocycles. The molecular formula is C26H20O2S5. The molecule has 0 aliphatic rings. The molecule has 0 fully saturated rings. The number of hydrogen-bond donors (Lipinski definition) is 0. The molecule has 33 heavy (non-hydrogen) atoms. The van der Waals surface area contributed by atoms with Crippen molar-refractivity contribution in [3.63, 3.8) is 0 Å². The summed E-state index contributed by atoms with van der Waals surface area (Å²) in [7, 11) is 0. The summed E-state index contributed by atoms with van der Waals surface area (Å²) in [5, 5.41) is 4.23. The van der Waals surface area contributed by atoms with Gasteiger partial charge in [0.2, 0.25) is 0 Å². The maximum atomic E-state index is 11.9. The first-order valence-corrected chi connectivity index (χ1v) is 14.5. The van der Waals surface area contributed by atoms with Crippen LogP contribution in [0.3, 0.4) is 0 Å². The number of rotatable bonds is 8. The molecule has 0 radical (unpaired) electrons. The lowest BCUT2D eigenvalue weighted by molar-refractivity contribution is -0.138. The summed E-state index contributed by atoms with van der Waals surface area (Å²) in [6.07, 6.45) is 0.681. The largest absolute Gasteiger partial charge is 0.462 e. The van der Waals surface area contributed by atoms with Crippen LogP contribution in [0.2, 0.25) is 0 Å². The molecule has 0 unspecified atom stereocenters. The van der Waals surface area contributed by atoms with E-state index in [4.69, 9.17) is 4.74 Å². The summed E-state index contributed by atoms with van der Waals surface area (Å²) in [5.41, 5.74) is 1.65. The van der Waals surface area contributed by atoms with Crippen molar-refractivity contribution in [1.29, 1.82) is 0 Å². The number of ether oxygens (including phenoxy) is 1. The van der Waals surface area contributed by atoms with E-state index < -0.39 is 0 Å². The predicted molar refractivity (Wildman–Crippen MR) is 147 cm³/mol. The number of hydrogen-bond acceptors (Lipinski definition) is 7. The zero-order chi connectivity index (χ0) is 22.8. The minimum Gasteiger partial charge on any atom is -0.462 e. The molecule has 0 atom stereocenters. The van der Waals surface area contributed by atoms with Crippen LogP contribution in [0.5, 0.6) is 0 Å². The predicted octanol–water partition coefficient (Wildman–Crippen LogP) is 9.32. The highest BCUT2D eigenvalue weighted by Crippen LogP contribution is 2.46. The lowest BCUT2D eigenvalue weighted by Crippen LogP contribution is -2.07. The highest BCUT2D eigenvalue weighted by molar-refractivity contribution is 7.29. The van der Waals surface area contributed by atoms with Gasteiger partial charge in [-0.3, -0.25) is 0 Å². The zero-order valence-corrected chi connectivity index (χ0v) is 21.9. The van der Waals surface area contributed by atoms with Gasteiger partial charge in [0.25, 0.3) is 0 Å². The summed E-state index contributed by atoms with van der Waals surface area (Å²) in [6.45, 7) is 5.70. The van der Waals surface area contributed by atoms with Gasteiger partial charge in [-0.2, -0.15) is 0 Å². The van der Waals surface area contributed by atoms with Crippen LogP contribution in [0.15, 0.2) is 77.5 Å². The van der Waals surface area contributed by atoms with Crippen LogP contribution in [0.25, 0.3) is 39.0 Å². The van der Waals surface area contributed by atoms with Crippen molar-refractivity contribution in [3.05, 3.63) is 83.1 Å². The third-order valence-electron chi connectivity index (χ3n) is 4.97. The standard InChI is InChI=1S/C26H20O2S5/c1-16(2)26(27)28-12-11-17-15-24(22-8-7-20(31-22)18-5-3-13-29-18)33-25(17)23-10-9-21(32-23)19-6-4-14-30-19/h3-10,13-15H,1,11-12H2,2H3. The van der Waals surface area contributed by atoms with Crippen molar-refractivity contribution in [3.8, 4) is 39.0 Å². The fourth-order valence-electron chi connectivity index (χ4n) is 3.35. The Morgan fingerprint density at radius 3 is 1.94 bits per heavy atom. The Balaban J connectivity index is 1.46. The zero-order valence-electron chi connectivity index (χ0n) is 17.8. The molecule has 0 bridgehead atoms. The molecule has 5 rings (SSSR count). The molecule has 0 amide bonds. The fraction of sp³-hybridized carbons (Fsp3) is 0.115. The topological polar surface area (TPSA) is 26.3 Å². The van der Waals surface area contributed by atoms with Gasteiger partial charge in [0.15, 0.2) is 0 Å². The molecule has 0 aliphatic carbocycles. The third kappa shape index (κ3) is 4.98. The molecule has 166 valence electrons. The first kappa shape index (κ1) is 22.5. The van der Waals surface area contributed by atoms with Gasteiger partial charge in [0, 0.05) is 51.0 Å². The maximum Gasteiger partial charge on any atom is 0.333 e. The van der Waals surface area contributed by atoms with Crippen LogP contribution < -0.4 is 0 Å². The molecule has 0 N–H and O–H groups in total. The minimum absolute atomic E-state index is 0.332. The molecule has 5 aromatic heterocycles. The summed E-state index contributed by atoms with van der Waals surface area (Å²) < 4.78 is 5.41. The van der Waals surface area contributed by atoms with E-state index >= 15 is 0 Å². The summed E-state index contributed by atoms with van der Waals surface area (Å²) in [4.78, 5) is 22.1. The van der Waals surface area contributed by atoms with E-state index in [1.165, 1.54) is 44.6 Å². The van der Waals surface area contributed by atoms with Crippen molar-refractivity contribution in [2.75, 3.05) is 6.61 Å². The van der Waals surface area contributed by atoms with E-state index in [1.54, 1.807) is 29.6 Å². The number of thiophene rings is 5. The second-order valence-electron chi connectivity index (χ2n) is 7.41. The molecule has 5 aromatic rings. The molecule has 7 heteroatoms. The van der Waals surface area contributed by atoms with Gasteiger partial charge in [0.1, 0.15) is 0 Å². The Morgan fingerprint density at radius 1 is 0.788 bits per heavy atom. The Morgan fingerprint density at radius 2 is 1.36 bits per heavy atom. The van der Waals surface area contributed by atoms with Crippen molar-refractivity contribution in [1.82, 2.24) is 0 Å². The molecule has 0 saturated carbocycles. The highest BCUT2D eigenvalue weighted by atomic mass is 32.1. The smallest absolute Gasteiger partial charge is 0.333 e. The Labute approximate surface area is 213 Å². The van der Waals surface area contributed by atoms with Gasteiger partial charge in [-0.05, 0) is 65.7 Å². The fourth-order valence-corrected chi connectivity index (χ4v) is 8.47. The molecule has 2 nitrogen and oxygen atoms in total. The van der Waals surface area contributed by atoms with Gasteiger partial charge in [-0.1, -0.05) is 18.7 Å². The molecule has 0 aliphatic heterocycles. The van der Waals surface area contributed by atoms with E-state index in [0.29, 0.717) is 18.6 Å². The minimum atomic E-state index is -0.332. The highest BCUT2D eigenvalue weighted by Gasteiger charge is 2.17. The second-order valence-corrected chi connectivity index (χ2v) is 12.5. The van der Waals surface area contributed by atoms with Crippen molar-refractivity contribution >= 4 is 62.7 Å². The van der Waals surface area contributed by atoms with Crippen LogP contribution >= 0.6 is 56.7 Å². The van der Waals surface area contributed by atoms with Crippen molar-refractivity contribution in [2.24, 2.45) is 0 Å². The maximum absolute atomic E-state index is 11.9. The third-order valence-corrected chi connectivity index (χ3v) is 10.8. The van der Waals surface area contributed by atoms with E-state index in [9.17, 15) is 4.79 Å². The van der Waals surface area contributed by atoms with Gasteiger partial charge >= 0.3 is 5.97 Å². The first-order chi connectivity index (χ1) is 16.1. The SMILES string of the molecule is C=C(C)C(=O)OCCc1cc(-c2ccc(-c3cccs3)s2)sc1-c1ccc(-c2cccs2)s1. The van der Waals surface area contributed by atoms with E-state index in [1.807, 2.05) is 34.0 Å². The van der Waals surface area contributed by atoms with Crippen molar-refractivity contribution < 1.29 is 9.53 Å².